The highest BCUT2D eigenvalue weighted by molar-refractivity contribution is 4.93. The summed E-state index contributed by atoms with van der Waals surface area (Å²) in [6.07, 6.45) is 5.27. The highest BCUT2D eigenvalue weighted by Gasteiger charge is 2.35. The van der Waals surface area contributed by atoms with Crippen LogP contribution in [-0.2, 0) is 14.2 Å². The number of hydrogen-bond donors (Lipinski definition) is 2. The third-order valence-electron chi connectivity index (χ3n) is 3.87. The Kier molecular flexibility index (Phi) is 9.39. The van der Waals surface area contributed by atoms with Crippen molar-refractivity contribution >= 4 is 0 Å². The molecule has 2 N–H and O–H groups in total. The molecule has 0 spiro atoms. The number of aliphatic hydroxyl groups is 1. The molecule has 0 radical (unpaired) electrons. The quantitative estimate of drug-likeness (QED) is 0.562. The molecule has 2 unspecified atom stereocenters. The number of likely N-dealkylation sites (N-methyl/N-ethyl adjacent to an activating group) is 1. The van der Waals surface area contributed by atoms with E-state index in [-0.39, 0.29) is 18.2 Å². The lowest BCUT2D eigenvalue weighted by atomic mass is 9.80. The van der Waals surface area contributed by atoms with E-state index < -0.39 is 0 Å². The summed E-state index contributed by atoms with van der Waals surface area (Å²) in [7, 11) is 1.70. The molecule has 5 heteroatoms. The first-order valence-corrected chi connectivity index (χ1v) is 7.80. The predicted octanol–water partition coefficient (Wildman–Crippen LogP) is 1.34. The summed E-state index contributed by atoms with van der Waals surface area (Å²) in [5, 5.41) is 13.1. The number of nitrogens with one attached hydrogen (secondary N) is 1. The summed E-state index contributed by atoms with van der Waals surface area (Å²) in [5.74, 6) is 0. The molecule has 120 valence electrons. The molecule has 0 saturated heterocycles. The standard InChI is InChI=1S/C15H31NO4/c1-3-16-15(13-17)7-4-6-14(12-15)20-11-10-19-9-5-8-18-2/h14,16-17H,3-13H2,1-2H3. The van der Waals surface area contributed by atoms with Gasteiger partial charge >= 0.3 is 0 Å². The highest BCUT2D eigenvalue weighted by Crippen LogP contribution is 2.29. The maximum Gasteiger partial charge on any atom is 0.0704 e. The molecule has 20 heavy (non-hydrogen) atoms. The van der Waals surface area contributed by atoms with Crippen molar-refractivity contribution in [2.45, 2.75) is 50.7 Å². The van der Waals surface area contributed by atoms with Gasteiger partial charge in [0.15, 0.2) is 0 Å². The zero-order valence-electron chi connectivity index (χ0n) is 13.0. The van der Waals surface area contributed by atoms with Gasteiger partial charge < -0.3 is 24.6 Å². The third-order valence-corrected chi connectivity index (χ3v) is 3.87. The first kappa shape index (κ1) is 17.9. The molecule has 2 atom stereocenters. The highest BCUT2D eigenvalue weighted by atomic mass is 16.5. The van der Waals surface area contributed by atoms with Crippen molar-refractivity contribution in [1.82, 2.24) is 5.32 Å². The zero-order chi connectivity index (χ0) is 14.7. The monoisotopic (exact) mass is 289 g/mol. The van der Waals surface area contributed by atoms with E-state index in [1.54, 1.807) is 7.11 Å². The molecule has 0 aromatic rings. The minimum absolute atomic E-state index is 0.142. The van der Waals surface area contributed by atoms with Crippen LogP contribution < -0.4 is 5.32 Å². The molecule has 5 nitrogen and oxygen atoms in total. The maximum atomic E-state index is 9.63. The Morgan fingerprint density at radius 1 is 1.25 bits per heavy atom. The fraction of sp³-hybridized carbons (Fsp3) is 1.00. The summed E-state index contributed by atoms with van der Waals surface area (Å²) in [4.78, 5) is 0. The van der Waals surface area contributed by atoms with E-state index in [1.807, 2.05) is 0 Å². The van der Waals surface area contributed by atoms with E-state index in [9.17, 15) is 5.11 Å². The van der Waals surface area contributed by atoms with Crippen molar-refractivity contribution in [3.05, 3.63) is 0 Å². The van der Waals surface area contributed by atoms with Crippen molar-refractivity contribution in [3.63, 3.8) is 0 Å². The van der Waals surface area contributed by atoms with Gasteiger partial charge in [-0.2, -0.15) is 0 Å². The predicted molar refractivity (Wildman–Crippen MR) is 79.0 cm³/mol. The number of rotatable bonds is 11. The summed E-state index contributed by atoms with van der Waals surface area (Å²) in [6.45, 7) is 5.88. The van der Waals surface area contributed by atoms with Gasteiger partial charge in [0.1, 0.15) is 0 Å². The molecule has 0 aliphatic heterocycles. The van der Waals surface area contributed by atoms with Crippen molar-refractivity contribution in [2.24, 2.45) is 0 Å². The van der Waals surface area contributed by atoms with Crippen LogP contribution in [0.3, 0.4) is 0 Å². The molecule has 0 aromatic heterocycles. The van der Waals surface area contributed by atoms with Crippen LogP contribution in [0.25, 0.3) is 0 Å². The van der Waals surface area contributed by atoms with Crippen LogP contribution in [0.2, 0.25) is 0 Å². The van der Waals surface area contributed by atoms with Gasteiger partial charge in [-0.25, -0.2) is 0 Å². The second-order valence-electron chi connectivity index (χ2n) is 5.52. The van der Waals surface area contributed by atoms with E-state index in [0.29, 0.717) is 13.2 Å². The summed E-state index contributed by atoms with van der Waals surface area (Å²) in [6, 6.07) is 0. The molecular weight excluding hydrogens is 258 g/mol. The second-order valence-corrected chi connectivity index (χ2v) is 5.52. The molecular formula is C15H31NO4. The third kappa shape index (κ3) is 6.50. The first-order valence-electron chi connectivity index (χ1n) is 7.80. The van der Waals surface area contributed by atoms with E-state index in [4.69, 9.17) is 14.2 Å². The van der Waals surface area contributed by atoms with Crippen molar-refractivity contribution in [3.8, 4) is 0 Å². The summed E-state index contributed by atoms with van der Waals surface area (Å²) in [5.41, 5.74) is -0.142. The lowest BCUT2D eigenvalue weighted by Crippen LogP contribution is -2.53. The largest absolute Gasteiger partial charge is 0.394 e. The van der Waals surface area contributed by atoms with Crippen LogP contribution >= 0.6 is 0 Å². The number of methoxy groups -OCH3 is 1. The Bertz CT molecular complexity index is 236. The number of hydrogen-bond acceptors (Lipinski definition) is 5. The first-order chi connectivity index (χ1) is 9.76. The Hall–Kier alpha value is -0.200. The Morgan fingerprint density at radius 3 is 2.80 bits per heavy atom. The zero-order valence-corrected chi connectivity index (χ0v) is 13.0. The molecule has 0 heterocycles. The van der Waals surface area contributed by atoms with E-state index in [1.165, 1.54) is 0 Å². The van der Waals surface area contributed by atoms with Gasteiger partial charge in [-0.3, -0.25) is 0 Å². The lowest BCUT2D eigenvalue weighted by Gasteiger charge is -2.40. The number of aliphatic hydroxyl groups excluding tert-OH is 1. The van der Waals surface area contributed by atoms with Gasteiger partial charge in [-0.05, 0) is 38.6 Å². The van der Waals surface area contributed by atoms with E-state index in [2.05, 4.69) is 12.2 Å². The van der Waals surface area contributed by atoms with Crippen LogP contribution in [0.1, 0.15) is 39.0 Å². The average Bonchev–Trinajstić information content (AvgIpc) is 2.47. The van der Waals surface area contributed by atoms with Crippen molar-refractivity contribution in [2.75, 3.05) is 46.7 Å². The minimum Gasteiger partial charge on any atom is -0.394 e. The van der Waals surface area contributed by atoms with Gasteiger partial charge in [-0.1, -0.05) is 6.92 Å². The molecule has 0 bridgehead atoms. The van der Waals surface area contributed by atoms with Gasteiger partial charge in [0, 0.05) is 25.9 Å². The Morgan fingerprint density at radius 2 is 2.10 bits per heavy atom. The average molecular weight is 289 g/mol. The normalized spacial score (nSPS) is 26.9. The molecule has 1 fully saturated rings. The smallest absolute Gasteiger partial charge is 0.0704 e. The van der Waals surface area contributed by atoms with E-state index >= 15 is 0 Å². The Labute approximate surface area is 123 Å². The SMILES string of the molecule is CCNC1(CO)CCCC(OCCOCCCOC)C1. The molecule has 1 aliphatic carbocycles. The molecule has 1 aliphatic rings. The van der Waals surface area contributed by atoms with Crippen LogP contribution in [0, 0.1) is 0 Å². The van der Waals surface area contributed by atoms with E-state index in [0.717, 1.165) is 51.9 Å². The van der Waals surface area contributed by atoms with Crippen molar-refractivity contribution in [1.29, 1.82) is 0 Å². The summed E-state index contributed by atoms with van der Waals surface area (Å²) < 4.78 is 16.3. The van der Waals surface area contributed by atoms with Gasteiger partial charge in [0.2, 0.25) is 0 Å². The minimum atomic E-state index is -0.142. The fourth-order valence-corrected chi connectivity index (χ4v) is 2.87. The fourth-order valence-electron chi connectivity index (χ4n) is 2.87. The molecule has 0 amide bonds. The molecule has 1 rings (SSSR count). The van der Waals surface area contributed by atoms with Gasteiger partial charge in [0.05, 0.1) is 25.9 Å². The summed E-state index contributed by atoms with van der Waals surface area (Å²) >= 11 is 0. The molecule has 0 aromatic carbocycles. The van der Waals surface area contributed by atoms with Crippen LogP contribution in [0.4, 0.5) is 0 Å². The van der Waals surface area contributed by atoms with Crippen molar-refractivity contribution < 1.29 is 19.3 Å². The maximum absolute atomic E-state index is 9.63. The topological polar surface area (TPSA) is 60.0 Å². The van der Waals surface area contributed by atoms with Crippen LogP contribution in [0.15, 0.2) is 0 Å². The lowest BCUT2D eigenvalue weighted by molar-refractivity contribution is -0.0386. The number of ether oxygens (including phenoxy) is 3. The van der Waals surface area contributed by atoms with Gasteiger partial charge in [0.25, 0.3) is 0 Å². The second kappa shape index (κ2) is 10.5. The van der Waals surface area contributed by atoms with Crippen LogP contribution in [0.5, 0.6) is 0 Å². The molecule has 1 saturated carbocycles. The van der Waals surface area contributed by atoms with Gasteiger partial charge in [-0.15, -0.1) is 0 Å². The Balaban J connectivity index is 2.14. The van der Waals surface area contributed by atoms with Crippen LogP contribution in [-0.4, -0.2) is 63.4 Å².